The molecule has 0 unspecified atom stereocenters. The van der Waals surface area contributed by atoms with E-state index in [-0.39, 0.29) is 0 Å². The number of piperazine rings is 1. The number of rotatable bonds is 3. The first-order chi connectivity index (χ1) is 10.0. The number of hydrogen-bond donors (Lipinski definition) is 1. The van der Waals surface area contributed by atoms with Gasteiger partial charge in [0.2, 0.25) is 0 Å². The Kier molecular flexibility index (Phi) is 3.78. The maximum atomic E-state index is 9.92. The molecule has 0 saturated carbocycles. The van der Waals surface area contributed by atoms with Crippen LogP contribution in [0.4, 0.5) is 5.82 Å². The Morgan fingerprint density at radius 3 is 2.57 bits per heavy atom. The number of anilines is 1. The topological polar surface area (TPSA) is 52.5 Å². The van der Waals surface area contributed by atoms with Crippen molar-refractivity contribution in [2.24, 2.45) is 0 Å². The molecule has 2 aromatic rings. The van der Waals surface area contributed by atoms with Gasteiger partial charge in [0.05, 0.1) is 11.8 Å². The molecule has 1 aliphatic rings. The molecule has 112 valence electrons. The third-order valence-electron chi connectivity index (χ3n) is 3.83. The summed E-state index contributed by atoms with van der Waals surface area (Å²) in [4.78, 5) is 4.59. The quantitative estimate of drug-likeness (QED) is 0.927. The molecule has 1 saturated heterocycles. The van der Waals surface area contributed by atoms with Crippen molar-refractivity contribution in [2.45, 2.75) is 19.4 Å². The normalized spacial score (nSPS) is 17.4. The van der Waals surface area contributed by atoms with Crippen molar-refractivity contribution in [2.75, 3.05) is 37.6 Å². The summed E-state index contributed by atoms with van der Waals surface area (Å²) < 4.78 is 0. The van der Waals surface area contributed by atoms with Crippen LogP contribution in [0.2, 0.25) is 0 Å². The number of β-amino-alcohol motifs (C(OH)–C–C–N with tert-alkyl or cyclic N) is 1. The van der Waals surface area contributed by atoms with E-state index in [1.54, 1.807) is 0 Å². The Morgan fingerprint density at radius 2 is 1.86 bits per heavy atom. The van der Waals surface area contributed by atoms with Crippen LogP contribution in [0.3, 0.4) is 0 Å². The van der Waals surface area contributed by atoms with Crippen molar-refractivity contribution in [3.8, 4) is 0 Å². The van der Waals surface area contributed by atoms with Gasteiger partial charge in [-0.1, -0.05) is 24.3 Å². The predicted molar refractivity (Wildman–Crippen MR) is 84.5 cm³/mol. The number of nitrogens with zero attached hydrogens (tertiary/aromatic N) is 4. The minimum Gasteiger partial charge on any atom is -0.389 e. The molecular formula is C16H22N4O. The standard InChI is InChI=1S/C16H22N4O/c1-16(2,21)12-19-7-9-20(10-8-19)15-14-6-4-3-5-13(14)11-17-18-15/h3-6,11,21H,7-10,12H2,1-2H3. The fourth-order valence-corrected chi connectivity index (χ4v) is 2.91. The first-order valence-corrected chi connectivity index (χ1v) is 7.43. The van der Waals surface area contributed by atoms with Gasteiger partial charge < -0.3 is 10.0 Å². The molecule has 1 N–H and O–H groups in total. The number of hydrogen-bond acceptors (Lipinski definition) is 5. The van der Waals surface area contributed by atoms with Gasteiger partial charge in [-0.3, -0.25) is 4.90 Å². The van der Waals surface area contributed by atoms with Gasteiger partial charge in [0, 0.05) is 43.5 Å². The second-order valence-electron chi connectivity index (χ2n) is 6.33. The van der Waals surface area contributed by atoms with Crippen molar-refractivity contribution >= 4 is 16.6 Å². The van der Waals surface area contributed by atoms with Gasteiger partial charge in [-0.2, -0.15) is 5.10 Å². The third kappa shape index (κ3) is 3.31. The molecule has 5 nitrogen and oxygen atoms in total. The molecule has 0 aliphatic carbocycles. The lowest BCUT2D eigenvalue weighted by atomic mass is 10.1. The monoisotopic (exact) mass is 286 g/mol. The Morgan fingerprint density at radius 1 is 1.14 bits per heavy atom. The predicted octanol–water partition coefficient (Wildman–Crippen LogP) is 1.52. The highest BCUT2D eigenvalue weighted by Gasteiger charge is 2.24. The smallest absolute Gasteiger partial charge is 0.159 e. The van der Waals surface area contributed by atoms with Crippen molar-refractivity contribution in [3.05, 3.63) is 30.5 Å². The molecule has 0 atom stereocenters. The molecule has 0 spiro atoms. The second kappa shape index (κ2) is 5.58. The fourth-order valence-electron chi connectivity index (χ4n) is 2.91. The van der Waals surface area contributed by atoms with Gasteiger partial charge >= 0.3 is 0 Å². The number of aromatic nitrogens is 2. The van der Waals surface area contributed by atoms with E-state index in [4.69, 9.17) is 0 Å². The average molecular weight is 286 g/mol. The van der Waals surface area contributed by atoms with Gasteiger partial charge in [0.15, 0.2) is 5.82 Å². The van der Waals surface area contributed by atoms with Crippen LogP contribution in [-0.2, 0) is 0 Å². The lowest BCUT2D eigenvalue weighted by Gasteiger charge is -2.37. The van der Waals surface area contributed by atoms with E-state index in [1.807, 2.05) is 32.2 Å². The summed E-state index contributed by atoms with van der Waals surface area (Å²) in [5.41, 5.74) is -0.637. The number of fused-ring (bicyclic) bond motifs is 1. The van der Waals surface area contributed by atoms with E-state index in [2.05, 4.69) is 32.1 Å². The van der Waals surface area contributed by atoms with E-state index in [1.165, 1.54) is 0 Å². The van der Waals surface area contributed by atoms with Crippen LogP contribution in [0.1, 0.15) is 13.8 Å². The molecule has 1 aromatic carbocycles. The zero-order valence-electron chi connectivity index (χ0n) is 12.7. The molecule has 0 bridgehead atoms. The van der Waals surface area contributed by atoms with Gasteiger partial charge in [-0.05, 0) is 13.8 Å². The van der Waals surface area contributed by atoms with Crippen LogP contribution in [0.15, 0.2) is 30.5 Å². The van der Waals surface area contributed by atoms with Crippen LogP contribution in [-0.4, -0.2) is 58.5 Å². The van der Waals surface area contributed by atoms with Gasteiger partial charge in [0.25, 0.3) is 0 Å². The Labute approximate surface area is 125 Å². The van der Waals surface area contributed by atoms with Crippen molar-refractivity contribution in [1.29, 1.82) is 0 Å². The van der Waals surface area contributed by atoms with Crippen LogP contribution in [0, 0.1) is 0 Å². The minimum absolute atomic E-state index is 0.637. The van der Waals surface area contributed by atoms with E-state index in [9.17, 15) is 5.11 Å². The second-order valence-corrected chi connectivity index (χ2v) is 6.33. The van der Waals surface area contributed by atoms with Crippen molar-refractivity contribution in [1.82, 2.24) is 15.1 Å². The summed E-state index contributed by atoms with van der Waals surface area (Å²) in [6.45, 7) is 8.13. The van der Waals surface area contributed by atoms with Gasteiger partial charge in [0.1, 0.15) is 0 Å². The molecular weight excluding hydrogens is 264 g/mol. The van der Waals surface area contributed by atoms with Gasteiger partial charge in [-0.25, -0.2) is 0 Å². The number of aliphatic hydroxyl groups is 1. The minimum atomic E-state index is -0.637. The van der Waals surface area contributed by atoms with Crippen LogP contribution in [0.25, 0.3) is 10.8 Å². The maximum absolute atomic E-state index is 9.92. The third-order valence-corrected chi connectivity index (χ3v) is 3.83. The van der Waals surface area contributed by atoms with E-state index < -0.39 is 5.60 Å². The van der Waals surface area contributed by atoms with Crippen LogP contribution in [0.5, 0.6) is 0 Å². The molecule has 21 heavy (non-hydrogen) atoms. The van der Waals surface area contributed by atoms with Crippen LogP contribution >= 0.6 is 0 Å². The maximum Gasteiger partial charge on any atom is 0.159 e. The first-order valence-electron chi connectivity index (χ1n) is 7.43. The first kappa shape index (κ1) is 14.2. The lowest BCUT2D eigenvalue weighted by Crippen LogP contribution is -2.50. The van der Waals surface area contributed by atoms with Crippen LogP contribution < -0.4 is 4.90 Å². The summed E-state index contributed by atoms with van der Waals surface area (Å²) in [6, 6.07) is 8.23. The summed E-state index contributed by atoms with van der Waals surface area (Å²) >= 11 is 0. The van der Waals surface area contributed by atoms with E-state index in [0.717, 1.165) is 42.8 Å². The zero-order valence-corrected chi connectivity index (χ0v) is 12.7. The molecule has 1 fully saturated rings. The molecule has 1 aliphatic heterocycles. The molecule has 3 rings (SSSR count). The highest BCUT2D eigenvalue weighted by molar-refractivity contribution is 5.91. The summed E-state index contributed by atoms with van der Waals surface area (Å²) in [5.74, 6) is 0.969. The highest BCUT2D eigenvalue weighted by Crippen LogP contribution is 2.24. The van der Waals surface area contributed by atoms with E-state index in [0.29, 0.717) is 6.54 Å². The lowest BCUT2D eigenvalue weighted by molar-refractivity contribution is 0.0345. The molecule has 0 amide bonds. The summed E-state index contributed by atoms with van der Waals surface area (Å²) in [6.07, 6.45) is 1.81. The van der Waals surface area contributed by atoms with Gasteiger partial charge in [-0.15, -0.1) is 5.10 Å². The zero-order chi connectivity index (χ0) is 14.9. The van der Waals surface area contributed by atoms with Crippen molar-refractivity contribution in [3.63, 3.8) is 0 Å². The van der Waals surface area contributed by atoms with E-state index >= 15 is 0 Å². The summed E-state index contributed by atoms with van der Waals surface area (Å²) in [5, 5.41) is 20.7. The van der Waals surface area contributed by atoms with Crippen molar-refractivity contribution < 1.29 is 5.11 Å². The molecule has 1 aromatic heterocycles. The Hall–Kier alpha value is -1.72. The Balaban J connectivity index is 1.74. The largest absolute Gasteiger partial charge is 0.389 e. The molecule has 5 heteroatoms. The SMILES string of the molecule is CC(C)(O)CN1CCN(c2nncc3ccccc23)CC1. The average Bonchev–Trinajstić information content (AvgIpc) is 2.46. The highest BCUT2D eigenvalue weighted by atomic mass is 16.3. The number of benzene rings is 1. The Bertz CT molecular complexity index is 610. The molecule has 2 heterocycles. The fraction of sp³-hybridized carbons (Fsp3) is 0.500. The molecule has 0 radical (unpaired) electrons. The summed E-state index contributed by atoms with van der Waals surface area (Å²) in [7, 11) is 0.